The Bertz CT molecular complexity index is 933. The van der Waals surface area contributed by atoms with Crippen molar-refractivity contribution < 1.29 is 39.1 Å². The molecule has 2 aliphatic rings. The topological polar surface area (TPSA) is 138 Å². The summed E-state index contributed by atoms with van der Waals surface area (Å²) < 4.78 is 10.5. The predicted octanol–water partition coefficient (Wildman–Crippen LogP) is 2.64. The third-order valence-electron chi connectivity index (χ3n) is 6.61. The van der Waals surface area contributed by atoms with Crippen molar-refractivity contribution in [3.63, 3.8) is 0 Å². The van der Waals surface area contributed by atoms with Gasteiger partial charge in [-0.3, -0.25) is 30.2 Å². The fraction of sp³-hybridized carbons (Fsp3) is 0.654. The maximum Gasteiger partial charge on any atom is 0.328 e. The van der Waals surface area contributed by atoms with E-state index in [0.717, 1.165) is 17.1 Å². The minimum absolute atomic E-state index is 0.0596. The summed E-state index contributed by atoms with van der Waals surface area (Å²) in [6.45, 7) is 4.32. The van der Waals surface area contributed by atoms with E-state index in [9.17, 15) is 14.4 Å². The van der Waals surface area contributed by atoms with Crippen LogP contribution in [0.25, 0.3) is 0 Å². The number of nitrogens with one attached hydrogen (secondary N) is 1. The van der Waals surface area contributed by atoms with E-state index >= 15 is 0 Å². The molecule has 0 bridgehead atoms. The van der Waals surface area contributed by atoms with Gasteiger partial charge >= 0.3 is 11.9 Å². The third kappa shape index (κ3) is 9.62. The highest BCUT2D eigenvalue weighted by molar-refractivity contribution is 8.21. The Hall–Kier alpha value is -1.87. The monoisotopic (exact) mass is 585 g/mol. The van der Waals surface area contributed by atoms with Crippen LogP contribution in [0.5, 0.6) is 0 Å². The maximum atomic E-state index is 13.7. The number of likely N-dealkylation sites (tertiary alicyclic amines) is 1. The molecule has 0 aliphatic carbocycles. The Morgan fingerprint density at radius 2 is 1.82 bits per heavy atom. The first-order chi connectivity index (χ1) is 18.7. The number of carbonyl (C=O) groups excluding carboxylic acids is 3. The van der Waals surface area contributed by atoms with E-state index < -0.39 is 30.1 Å². The van der Waals surface area contributed by atoms with Crippen LogP contribution in [-0.4, -0.2) is 98.6 Å². The summed E-state index contributed by atoms with van der Waals surface area (Å²) in [5.74, 6) is 0.797. The second kappa shape index (κ2) is 15.8. The van der Waals surface area contributed by atoms with Crippen LogP contribution < -0.4 is 5.32 Å². The molecule has 0 aromatic heterocycles. The standard InChI is InChI=1S/C26H39N3O8S2/c1-3-35-24(31)21(12-11-20-9-5-4-6-10-20)27-19(2)23(30)28-18-26(38-15-16-39-26)17-22(28)25(32)36-13-7-8-14-37-29(33)34/h4-6,9-10,19,21-22,27,33-34H,3,7-8,11-18H2,1-2H3. The molecule has 2 fully saturated rings. The molecule has 218 valence electrons. The summed E-state index contributed by atoms with van der Waals surface area (Å²) in [5.41, 5.74) is 1.09. The van der Waals surface area contributed by atoms with Crippen molar-refractivity contribution in [3.05, 3.63) is 35.9 Å². The average Bonchev–Trinajstić information content (AvgIpc) is 3.55. The number of esters is 2. The summed E-state index contributed by atoms with van der Waals surface area (Å²) >= 11 is 3.55. The van der Waals surface area contributed by atoms with Gasteiger partial charge in [-0.05, 0) is 45.1 Å². The van der Waals surface area contributed by atoms with Crippen LogP contribution in [0.4, 0.5) is 0 Å². The Morgan fingerprint density at radius 3 is 2.49 bits per heavy atom. The second-order valence-corrected chi connectivity index (χ2v) is 12.7. The first kappa shape index (κ1) is 31.7. The van der Waals surface area contributed by atoms with Gasteiger partial charge in [0.1, 0.15) is 12.1 Å². The van der Waals surface area contributed by atoms with Gasteiger partial charge in [-0.15, -0.1) is 23.5 Å². The zero-order chi connectivity index (χ0) is 28.3. The van der Waals surface area contributed by atoms with Crippen LogP contribution in [0.2, 0.25) is 0 Å². The lowest BCUT2D eigenvalue weighted by Gasteiger charge is -2.29. The molecular weight excluding hydrogens is 546 g/mol. The maximum absolute atomic E-state index is 13.7. The SMILES string of the molecule is CCOC(=O)C(CCc1ccccc1)NC(C)C(=O)N1CC2(CC1C(=O)OCCCCON(O)O)SCCS2. The van der Waals surface area contributed by atoms with Gasteiger partial charge in [0.25, 0.3) is 0 Å². The van der Waals surface area contributed by atoms with E-state index in [0.29, 0.717) is 38.6 Å². The van der Waals surface area contributed by atoms with Gasteiger partial charge in [0, 0.05) is 24.5 Å². The van der Waals surface area contributed by atoms with Gasteiger partial charge in [0.05, 0.1) is 35.3 Å². The minimum atomic E-state index is -0.716. The lowest BCUT2D eigenvalue weighted by molar-refractivity contribution is -0.492. The molecule has 3 N–H and O–H groups in total. The highest BCUT2D eigenvalue weighted by Gasteiger charge is 2.52. The van der Waals surface area contributed by atoms with Gasteiger partial charge in [0.2, 0.25) is 5.91 Å². The van der Waals surface area contributed by atoms with E-state index in [1.807, 2.05) is 30.3 Å². The van der Waals surface area contributed by atoms with Crippen LogP contribution in [0, 0.1) is 0 Å². The highest BCUT2D eigenvalue weighted by atomic mass is 32.2. The normalized spacial score (nSPS) is 19.8. The fourth-order valence-corrected chi connectivity index (χ4v) is 7.95. The summed E-state index contributed by atoms with van der Waals surface area (Å²) in [4.78, 5) is 45.6. The second-order valence-electron chi connectivity index (χ2n) is 9.47. The summed E-state index contributed by atoms with van der Waals surface area (Å²) in [7, 11) is 0. The molecule has 1 spiro atoms. The molecule has 1 amide bonds. The Labute approximate surface area is 237 Å². The van der Waals surface area contributed by atoms with Crippen LogP contribution in [-0.2, 0) is 35.1 Å². The number of hydrogen-bond acceptors (Lipinski definition) is 12. The molecule has 39 heavy (non-hydrogen) atoms. The molecule has 2 saturated heterocycles. The molecule has 1 aromatic carbocycles. The number of hydrogen-bond donors (Lipinski definition) is 3. The van der Waals surface area contributed by atoms with Gasteiger partial charge in [0.15, 0.2) is 0 Å². The molecule has 11 nitrogen and oxygen atoms in total. The van der Waals surface area contributed by atoms with Crippen LogP contribution in [0.3, 0.4) is 0 Å². The third-order valence-corrected chi connectivity index (χ3v) is 10.0. The van der Waals surface area contributed by atoms with Gasteiger partial charge in [-0.25, -0.2) is 4.79 Å². The lowest BCUT2D eigenvalue weighted by Crippen LogP contribution is -2.53. The van der Waals surface area contributed by atoms with E-state index in [-0.39, 0.29) is 35.2 Å². The number of amides is 1. The Morgan fingerprint density at radius 1 is 1.13 bits per heavy atom. The van der Waals surface area contributed by atoms with Crippen molar-refractivity contribution in [1.82, 2.24) is 15.6 Å². The van der Waals surface area contributed by atoms with Crippen LogP contribution in [0.1, 0.15) is 45.1 Å². The van der Waals surface area contributed by atoms with Crippen molar-refractivity contribution in [2.24, 2.45) is 0 Å². The quantitative estimate of drug-likeness (QED) is 0.158. The van der Waals surface area contributed by atoms with Crippen LogP contribution >= 0.6 is 23.5 Å². The van der Waals surface area contributed by atoms with E-state index in [1.165, 1.54) is 0 Å². The van der Waals surface area contributed by atoms with Crippen molar-refractivity contribution in [2.75, 3.05) is 37.9 Å². The van der Waals surface area contributed by atoms with E-state index in [2.05, 4.69) is 10.2 Å². The summed E-state index contributed by atoms with van der Waals surface area (Å²) in [5, 5.41) is 20.0. The smallest absolute Gasteiger partial charge is 0.328 e. The van der Waals surface area contributed by atoms with Crippen molar-refractivity contribution in [1.29, 1.82) is 0 Å². The zero-order valence-electron chi connectivity index (χ0n) is 22.5. The van der Waals surface area contributed by atoms with Crippen molar-refractivity contribution >= 4 is 41.4 Å². The number of benzene rings is 1. The molecule has 0 radical (unpaired) electrons. The van der Waals surface area contributed by atoms with Crippen LogP contribution in [0.15, 0.2) is 30.3 Å². The van der Waals surface area contributed by atoms with E-state index in [4.69, 9.17) is 19.9 Å². The molecule has 2 aliphatic heterocycles. The Balaban J connectivity index is 1.62. The molecule has 3 atom stereocenters. The minimum Gasteiger partial charge on any atom is -0.465 e. The highest BCUT2D eigenvalue weighted by Crippen LogP contribution is 2.52. The first-order valence-electron chi connectivity index (χ1n) is 13.3. The van der Waals surface area contributed by atoms with Gasteiger partial charge in [-0.1, -0.05) is 30.3 Å². The number of ether oxygens (including phenoxy) is 2. The van der Waals surface area contributed by atoms with Gasteiger partial charge in [-0.2, -0.15) is 0 Å². The summed E-state index contributed by atoms with van der Waals surface area (Å²) in [6, 6.07) is 7.72. The van der Waals surface area contributed by atoms with Crippen molar-refractivity contribution in [2.45, 2.75) is 68.2 Å². The predicted molar refractivity (Wildman–Crippen MR) is 147 cm³/mol. The molecule has 2 heterocycles. The fourth-order valence-electron chi connectivity index (χ4n) is 4.70. The number of carbonyl (C=O) groups is 3. The molecular formula is C26H39N3O8S2. The molecule has 3 rings (SSSR count). The number of aryl methyl sites for hydroxylation is 1. The number of unbranched alkanes of at least 4 members (excludes halogenated alkanes) is 1. The molecule has 13 heteroatoms. The number of nitrogens with zero attached hydrogens (tertiary/aromatic N) is 2. The average molecular weight is 586 g/mol. The Kier molecular flexibility index (Phi) is 12.8. The summed E-state index contributed by atoms with van der Waals surface area (Å²) in [6.07, 6.45) is 2.53. The lowest BCUT2D eigenvalue weighted by atomic mass is 10.0. The van der Waals surface area contributed by atoms with Crippen molar-refractivity contribution in [3.8, 4) is 0 Å². The largest absolute Gasteiger partial charge is 0.465 e. The first-order valence-corrected chi connectivity index (χ1v) is 15.2. The molecule has 0 saturated carbocycles. The number of thioether (sulfide) groups is 2. The van der Waals surface area contributed by atoms with Gasteiger partial charge < -0.3 is 14.4 Å². The molecule has 1 aromatic rings. The zero-order valence-corrected chi connectivity index (χ0v) is 24.1. The van der Waals surface area contributed by atoms with E-state index in [1.54, 1.807) is 42.3 Å². The molecule has 3 unspecified atom stereocenters. The number of rotatable bonds is 15.